The molecule has 1 amide bonds. The summed E-state index contributed by atoms with van der Waals surface area (Å²) in [4.78, 5) is 12.2. The highest BCUT2D eigenvalue weighted by Crippen LogP contribution is 2.45. The van der Waals surface area contributed by atoms with Gasteiger partial charge in [0.05, 0.1) is 6.42 Å². The molecule has 104 valence electrons. The highest BCUT2D eigenvalue weighted by atomic mass is 79.9. The Kier molecular flexibility index (Phi) is 2.79. The van der Waals surface area contributed by atoms with Gasteiger partial charge >= 0.3 is 0 Å². The summed E-state index contributed by atoms with van der Waals surface area (Å²) in [6, 6.07) is 12.6. The van der Waals surface area contributed by atoms with Gasteiger partial charge in [0.15, 0.2) is 0 Å². The van der Waals surface area contributed by atoms with E-state index >= 15 is 0 Å². The summed E-state index contributed by atoms with van der Waals surface area (Å²) in [5.41, 5.74) is 8.32. The first-order valence-corrected chi connectivity index (χ1v) is 7.83. The second-order valence-electron chi connectivity index (χ2n) is 5.71. The molecule has 0 atom stereocenters. The van der Waals surface area contributed by atoms with Crippen molar-refractivity contribution in [3.8, 4) is 0 Å². The highest BCUT2D eigenvalue weighted by molar-refractivity contribution is 9.10. The summed E-state index contributed by atoms with van der Waals surface area (Å²) < 4.78 is 1.04. The molecule has 0 saturated heterocycles. The van der Waals surface area contributed by atoms with Crippen molar-refractivity contribution in [2.75, 3.05) is 5.32 Å². The first kappa shape index (κ1) is 12.8. The Morgan fingerprint density at radius 2 is 1.81 bits per heavy atom. The summed E-state index contributed by atoms with van der Waals surface area (Å²) >= 11 is 3.54. The van der Waals surface area contributed by atoms with Gasteiger partial charge in [0, 0.05) is 15.7 Å². The number of rotatable bonds is 0. The number of hydrogen-bond donors (Lipinski definition) is 1. The number of carbonyl (C=O) groups is 1. The summed E-state index contributed by atoms with van der Waals surface area (Å²) in [5, 5.41) is 3.02. The van der Waals surface area contributed by atoms with E-state index in [1.807, 2.05) is 12.1 Å². The van der Waals surface area contributed by atoms with Crippen LogP contribution < -0.4 is 5.32 Å². The van der Waals surface area contributed by atoms with E-state index in [-0.39, 0.29) is 5.91 Å². The fourth-order valence-electron chi connectivity index (χ4n) is 3.27. The second-order valence-corrected chi connectivity index (χ2v) is 6.63. The van der Waals surface area contributed by atoms with E-state index in [4.69, 9.17) is 0 Å². The van der Waals surface area contributed by atoms with E-state index in [9.17, 15) is 4.79 Å². The van der Waals surface area contributed by atoms with E-state index < -0.39 is 0 Å². The van der Waals surface area contributed by atoms with E-state index in [2.05, 4.69) is 52.4 Å². The zero-order valence-electron chi connectivity index (χ0n) is 11.7. The minimum atomic E-state index is 0.0675. The molecule has 2 aliphatic rings. The Morgan fingerprint density at radius 1 is 1.00 bits per heavy atom. The fourth-order valence-corrected chi connectivity index (χ4v) is 3.64. The van der Waals surface area contributed by atoms with Gasteiger partial charge in [0.25, 0.3) is 0 Å². The zero-order chi connectivity index (χ0) is 14.6. The number of aryl methyl sites for hydroxylation is 1. The Bertz CT molecular complexity index is 820. The largest absolute Gasteiger partial charge is 0.325 e. The number of benzene rings is 2. The van der Waals surface area contributed by atoms with Crippen LogP contribution in [0.1, 0.15) is 28.7 Å². The Morgan fingerprint density at radius 3 is 2.67 bits per heavy atom. The van der Waals surface area contributed by atoms with Crippen LogP contribution in [0.2, 0.25) is 0 Å². The highest BCUT2D eigenvalue weighted by Gasteiger charge is 2.28. The van der Waals surface area contributed by atoms with Crippen molar-refractivity contribution < 1.29 is 4.79 Å². The normalized spacial score (nSPS) is 16.0. The van der Waals surface area contributed by atoms with Gasteiger partial charge in [-0.1, -0.05) is 39.7 Å². The molecule has 2 aromatic carbocycles. The van der Waals surface area contributed by atoms with Gasteiger partial charge in [-0.15, -0.1) is 0 Å². The average Bonchev–Trinajstić information content (AvgIpc) is 2.72. The molecule has 0 radical (unpaired) electrons. The van der Waals surface area contributed by atoms with E-state index in [0.717, 1.165) is 22.1 Å². The van der Waals surface area contributed by atoms with Gasteiger partial charge in [-0.3, -0.25) is 4.79 Å². The summed E-state index contributed by atoms with van der Waals surface area (Å²) in [7, 11) is 0. The van der Waals surface area contributed by atoms with Crippen LogP contribution in [0.25, 0.3) is 11.1 Å². The molecule has 1 aliphatic carbocycles. The van der Waals surface area contributed by atoms with Gasteiger partial charge in [-0.05, 0) is 53.8 Å². The van der Waals surface area contributed by atoms with Crippen molar-refractivity contribution in [1.29, 1.82) is 0 Å². The third kappa shape index (κ3) is 2.04. The lowest BCUT2D eigenvalue weighted by atomic mass is 9.98. The molecular weight excluding hydrogens is 326 g/mol. The van der Waals surface area contributed by atoms with Crippen molar-refractivity contribution in [2.45, 2.75) is 19.8 Å². The van der Waals surface area contributed by atoms with Crippen LogP contribution >= 0.6 is 15.9 Å². The minimum absolute atomic E-state index is 0.0675. The Hall–Kier alpha value is -1.87. The first-order chi connectivity index (χ1) is 10.1. The molecule has 0 bridgehead atoms. The number of fused-ring (bicyclic) bond motifs is 4. The van der Waals surface area contributed by atoms with Crippen LogP contribution in [0.4, 0.5) is 5.69 Å². The summed E-state index contributed by atoms with van der Waals surface area (Å²) in [6.45, 7) is 2.10. The Balaban J connectivity index is 1.97. The van der Waals surface area contributed by atoms with Gasteiger partial charge < -0.3 is 5.32 Å². The average molecular weight is 340 g/mol. The van der Waals surface area contributed by atoms with Crippen LogP contribution in [0.5, 0.6) is 0 Å². The van der Waals surface area contributed by atoms with Crippen molar-refractivity contribution in [3.05, 3.63) is 63.1 Å². The number of allylic oxidation sites excluding steroid dienone is 1. The molecule has 0 aromatic heterocycles. The van der Waals surface area contributed by atoms with E-state index in [0.29, 0.717) is 6.42 Å². The van der Waals surface area contributed by atoms with Crippen molar-refractivity contribution in [1.82, 2.24) is 0 Å². The van der Waals surface area contributed by atoms with Crippen LogP contribution in [0, 0.1) is 6.92 Å². The number of halogens is 1. The lowest BCUT2D eigenvalue weighted by Crippen LogP contribution is -2.10. The smallest absolute Gasteiger partial charge is 0.228 e. The molecule has 2 nitrogen and oxygen atoms in total. The molecule has 1 heterocycles. The predicted octanol–water partition coefficient (Wildman–Crippen LogP) is 4.57. The first-order valence-electron chi connectivity index (χ1n) is 7.03. The number of amides is 1. The predicted molar refractivity (Wildman–Crippen MR) is 89.1 cm³/mol. The maximum absolute atomic E-state index is 12.2. The van der Waals surface area contributed by atoms with Crippen LogP contribution in [0.3, 0.4) is 0 Å². The minimum Gasteiger partial charge on any atom is -0.325 e. The maximum atomic E-state index is 12.2. The molecule has 1 aliphatic heterocycles. The number of carbonyl (C=O) groups excluding carboxylic acids is 1. The third-order valence-corrected chi connectivity index (χ3v) is 4.73. The van der Waals surface area contributed by atoms with Crippen LogP contribution in [-0.2, 0) is 11.2 Å². The van der Waals surface area contributed by atoms with Crippen LogP contribution in [-0.4, -0.2) is 5.91 Å². The molecule has 0 saturated carbocycles. The summed E-state index contributed by atoms with van der Waals surface area (Å²) in [5.74, 6) is 0.0675. The fraction of sp³-hybridized carbons (Fsp3) is 0.167. The molecule has 3 heteroatoms. The molecule has 2 aromatic rings. The SMILES string of the molecule is Cc1ccc2c(c1)C1=C(C2)c2cc(Br)ccc2NC(=O)C1. The van der Waals surface area contributed by atoms with E-state index in [1.165, 1.54) is 27.8 Å². The van der Waals surface area contributed by atoms with Crippen molar-refractivity contribution >= 4 is 38.7 Å². The van der Waals surface area contributed by atoms with E-state index in [1.54, 1.807) is 0 Å². The Labute approximate surface area is 132 Å². The monoisotopic (exact) mass is 339 g/mol. The molecule has 0 unspecified atom stereocenters. The van der Waals surface area contributed by atoms with Crippen LogP contribution in [0.15, 0.2) is 40.9 Å². The number of nitrogens with one attached hydrogen (secondary N) is 1. The van der Waals surface area contributed by atoms with Crippen molar-refractivity contribution in [2.24, 2.45) is 0 Å². The lowest BCUT2D eigenvalue weighted by molar-refractivity contribution is -0.115. The summed E-state index contributed by atoms with van der Waals surface area (Å²) in [6.07, 6.45) is 1.36. The molecule has 0 fully saturated rings. The standard InChI is InChI=1S/C18H14BrNO/c1-10-2-3-11-7-14-15(13(11)6-10)9-18(21)20-17-5-4-12(19)8-16(14)17/h2-6,8H,7,9H2,1H3,(H,20,21). The zero-order valence-corrected chi connectivity index (χ0v) is 13.3. The van der Waals surface area contributed by atoms with Crippen molar-refractivity contribution in [3.63, 3.8) is 0 Å². The molecule has 1 N–H and O–H groups in total. The maximum Gasteiger partial charge on any atom is 0.228 e. The molecule has 21 heavy (non-hydrogen) atoms. The second kappa shape index (κ2) is 4.57. The van der Waals surface area contributed by atoms with Gasteiger partial charge in [0.2, 0.25) is 5.91 Å². The molecule has 4 rings (SSSR count). The van der Waals surface area contributed by atoms with Gasteiger partial charge in [0.1, 0.15) is 0 Å². The van der Waals surface area contributed by atoms with Gasteiger partial charge in [-0.2, -0.15) is 0 Å². The van der Waals surface area contributed by atoms with Gasteiger partial charge in [-0.25, -0.2) is 0 Å². The molecular formula is C18H14BrNO. The quantitative estimate of drug-likeness (QED) is 0.748. The molecule has 0 spiro atoms. The number of anilines is 1. The lowest BCUT2D eigenvalue weighted by Gasteiger charge is -2.10. The topological polar surface area (TPSA) is 29.1 Å². The number of hydrogen-bond acceptors (Lipinski definition) is 1. The third-order valence-electron chi connectivity index (χ3n) is 4.24.